The number of amides is 1. The van der Waals surface area contributed by atoms with E-state index in [1.54, 1.807) is 6.07 Å². The van der Waals surface area contributed by atoms with Crippen molar-refractivity contribution in [1.29, 1.82) is 0 Å². The first-order chi connectivity index (χ1) is 10.3. The van der Waals surface area contributed by atoms with Gasteiger partial charge >= 0.3 is 11.9 Å². The molecular weight excluding hydrogens is 292 g/mol. The molecule has 4 N–H and O–H groups in total. The summed E-state index contributed by atoms with van der Waals surface area (Å²) in [6.07, 6.45) is 0. The summed E-state index contributed by atoms with van der Waals surface area (Å²) in [7, 11) is 1.29. The maximum absolute atomic E-state index is 12.2. The summed E-state index contributed by atoms with van der Waals surface area (Å²) in [5.41, 5.74) is 5.74. The van der Waals surface area contributed by atoms with Gasteiger partial charge in [-0.1, -0.05) is 12.1 Å². The zero-order chi connectivity index (χ0) is 16.9. The Morgan fingerprint density at radius 1 is 1.32 bits per heavy atom. The summed E-state index contributed by atoms with van der Waals surface area (Å²) < 4.78 is 4.75. The Kier molecular flexibility index (Phi) is 6.02. The minimum atomic E-state index is -1.28. The molecule has 0 saturated carbocycles. The van der Waals surface area contributed by atoms with Crippen LogP contribution in [0.5, 0.6) is 0 Å². The number of carbonyl (C=O) groups is 3. The number of aromatic carboxylic acids is 1. The molecule has 0 unspecified atom stereocenters. The van der Waals surface area contributed by atoms with Crippen LogP contribution in [0.3, 0.4) is 0 Å². The molecule has 0 aliphatic rings. The molecule has 22 heavy (non-hydrogen) atoms. The molecule has 0 aromatic heterocycles. The first-order valence-corrected chi connectivity index (χ1v) is 6.44. The summed E-state index contributed by atoms with van der Waals surface area (Å²) in [4.78, 5) is 35.8. The van der Waals surface area contributed by atoms with Crippen molar-refractivity contribution in [3.05, 3.63) is 29.3 Å². The lowest BCUT2D eigenvalue weighted by molar-refractivity contribution is -0.140. The van der Waals surface area contributed by atoms with E-state index in [9.17, 15) is 24.6 Å². The van der Waals surface area contributed by atoms with E-state index in [1.165, 1.54) is 26.2 Å². The zero-order valence-electron chi connectivity index (χ0n) is 12.3. The molecule has 8 nitrogen and oxygen atoms in total. The highest BCUT2D eigenvalue weighted by Crippen LogP contribution is 2.28. The minimum absolute atomic E-state index is 0.0190. The molecule has 0 spiro atoms. The van der Waals surface area contributed by atoms with Gasteiger partial charge in [0.15, 0.2) is 0 Å². The third-order valence-electron chi connectivity index (χ3n) is 3.09. The van der Waals surface area contributed by atoms with E-state index in [-0.39, 0.29) is 24.4 Å². The van der Waals surface area contributed by atoms with Crippen molar-refractivity contribution in [2.75, 3.05) is 18.6 Å². The van der Waals surface area contributed by atoms with E-state index >= 15 is 0 Å². The Hall–Kier alpha value is -2.45. The third-order valence-corrected chi connectivity index (χ3v) is 3.09. The number of hydrogen-bond acceptors (Lipinski definition) is 5. The van der Waals surface area contributed by atoms with Crippen LogP contribution in [0.2, 0.25) is 0 Å². The quantitative estimate of drug-likeness (QED) is 0.660. The zero-order valence-corrected chi connectivity index (χ0v) is 12.3. The van der Waals surface area contributed by atoms with Crippen molar-refractivity contribution >= 4 is 23.5 Å². The first kappa shape index (κ1) is 17.6. The summed E-state index contributed by atoms with van der Waals surface area (Å²) in [6, 6.07) is 3.05. The van der Waals surface area contributed by atoms with Crippen LogP contribution in [0.4, 0.5) is 5.69 Å². The Morgan fingerprint density at radius 3 is 2.41 bits per heavy atom. The number of ether oxygens (including phenoxy) is 1. The highest BCUT2D eigenvalue weighted by atomic mass is 16.5. The second kappa shape index (κ2) is 7.53. The van der Waals surface area contributed by atoms with Crippen molar-refractivity contribution < 1.29 is 29.3 Å². The van der Waals surface area contributed by atoms with E-state index < -0.39 is 23.9 Å². The number of benzene rings is 1. The second-order valence-corrected chi connectivity index (χ2v) is 4.53. The molecule has 1 aromatic rings. The van der Waals surface area contributed by atoms with Crippen LogP contribution in [0.15, 0.2) is 18.2 Å². The number of carboxylic acid groups (broad SMARTS) is 2. The van der Waals surface area contributed by atoms with E-state index in [4.69, 9.17) is 10.5 Å². The lowest BCUT2D eigenvalue weighted by Gasteiger charge is -2.29. The molecule has 0 aliphatic carbocycles. The fraction of sp³-hybridized carbons (Fsp3) is 0.357. The predicted octanol–water partition coefficient (Wildman–Crippen LogP) is 0.296. The maximum Gasteiger partial charge on any atom is 0.337 e. The molecule has 1 amide bonds. The van der Waals surface area contributed by atoms with Crippen LogP contribution >= 0.6 is 0 Å². The van der Waals surface area contributed by atoms with Crippen molar-refractivity contribution in [3.8, 4) is 0 Å². The Bertz CT molecular complexity index is 587. The third kappa shape index (κ3) is 3.60. The van der Waals surface area contributed by atoms with Crippen molar-refractivity contribution in [1.82, 2.24) is 0 Å². The van der Waals surface area contributed by atoms with Crippen LogP contribution in [-0.4, -0.2) is 47.8 Å². The lowest BCUT2D eigenvalue weighted by Crippen LogP contribution is -2.46. The van der Waals surface area contributed by atoms with Crippen molar-refractivity contribution in [2.45, 2.75) is 19.5 Å². The van der Waals surface area contributed by atoms with Crippen LogP contribution in [0, 0.1) is 0 Å². The molecule has 1 rings (SSSR count). The van der Waals surface area contributed by atoms with Crippen molar-refractivity contribution in [2.24, 2.45) is 5.73 Å². The highest BCUT2D eigenvalue weighted by Gasteiger charge is 2.31. The Balaban J connectivity index is 3.56. The van der Waals surface area contributed by atoms with Crippen LogP contribution in [0.1, 0.15) is 22.8 Å². The van der Waals surface area contributed by atoms with Crippen molar-refractivity contribution in [3.63, 3.8) is 0 Å². The number of aliphatic carboxylic acids is 1. The summed E-state index contributed by atoms with van der Waals surface area (Å²) >= 11 is 0. The molecule has 0 saturated heterocycles. The van der Waals surface area contributed by atoms with E-state index in [0.717, 1.165) is 4.90 Å². The molecule has 1 atom stereocenters. The van der Waals surface area contributed by atoms with E-state index in [1.807, 2.05) is 0 Å². The van der Waals surface area contributed by atoms with Gasteiger partial charge in [0.05, 0.1) is 11.3 Å². The normalized spacial score (nSPS) is 11.8. The SMILES string of the molecule is COCC(=O)N(c1c(CN)cccc1C(=O)O)[C@@H](C)C(=O)O. The standard InChI is InChI=1S/C14H18N2O6/c1-8(13(18)19)16(11(17)7-22-2)12-9(6-15)4-3-5-10(12)14(20)21/h3-5,8H,6-7,15H2,1-2H3,(H,18,19)(H,20,21)/t8-/m0/s1. The molecule has 0 radical (unpaired) electrons. The van der Waals surface area contributed by atoms with Gasteiger partial charge < -0.3 is 20.7 Å². The Morgan fingerprint density at radius 2 is 1.95 bits per heavy atom. The van der Waals surface area contributed by atoms with E-state index in [0.29, 0.717) is 5.56 Å². The predicted molar refractivity (Wildman–Crippen MR) is 77.8 cm³/mol. The smallest absolute Gasteiger partial charge is 0.337 e. The fourth-order valence-electron chi connectivity index (χ4n) is 2.05. The Labute approximate surface area is 127 Å². The summed E-state index contributed by atoms with van der Waals surface area (Å²) in [5.74, 6) is -3.22. The maximum atomic E-state index is 12.2. The molecule has 0 fully saturated rings. The number of carbonyl (C=O) groups excluding carboxylic acids is 1. The average Bonchev–Trinajstić information content (AvgIpc) is 2.47. The molecule has 0 heterocycles. The van der Waals surface area contributed by atoms with Gasteiger partial charge in [-0.2, -0.15) is 0 Å². The number of rotatable bonds is 7. The molecular formula is C14H18N2O6. The van der Waals surface area contributed by atoms with Gasteiger partial charge in [0, 0.05) is 13.7 Å². The number of carboxylic acids is 2. The molecule has 0 aliphatic heterocycles. The molecule has 0 bridgehead atoms. The number of para-hydroxylation sites is 1. The lowest BCUT2D eigenvalue weighted by atomic mass is 10.0. The number of nitrogens with two attached hydrogens (primary N) is 1. The van der Waals surface area contributed by atoms with Gasteiger partial charge in [-0.3, -0.25) is 9.69 Å². The van der Waals surface area contributed by atoms with Crippen LogP contribution in [-0.2, 0) is 20.9 Å². The molecule has 1 aromatic carbocycles. The summed E-state index contributed by atoms with van der Waals surface area (Å²) in [5, 5.41) is 18.5. The van der Waals surface area contributed by atoms with E-state index in [2.05, 4.69) is 0 Å². The minimum Gasteiger partial charge on any atom is -0.480 e. The number of anilines is 1. The first-order valence-electron chi connectivity index (χ1n) is 6.44. The molecule has 120 valence electrons. The monoisotopic (exact) mass is 310 g/mol. The largest absolute Gasteiger partial charge is 0.480 e. The topological polar surface area (TPSA) is 130 Å². The number of hydrogen-bond donors (Lipinski definition) is 3. The second-order valence-electron chi connectivity index (χ2n) is 4.53. The number of nitrogens with zero attached hydrogens (tertiary/aromatic N) is 1. The van der Waals surface area contributed by atoms with Gasteiger partial charge in [-0.15, -0.1) is 0 Å². The van der Waals surface area contributed by atoms with Gasteiger partial charge in [-0.25, -0.2) is 9.59 Å². The van der Waals surface area contributed by atoms with Gasteiger partial charge in [0.2, 0.25) is 0 Å². The highest BCUT2D eigenvalue weighted by molar-refractivity contribution is 6.06. The van der Waals surface area contributed by atoms with Crippen LogP contribution in [0.25, 0.3) is 0 Å². The number of methoxy groups -OCH3 is 1. The molecule has 8 heteroatoms. The average molecular weight is 310 g/mol. The van der Waals surface area contributed by atoms with Crippen LogP contribution < -0.4 is 10.6 Å². The van der Waals surface area contributed by atoms with Gasteiger partial charge in [-0.05, 0) is 18.6 Å². The fourth-order valence-corrected chi connectivity index (χ4v) is 2.05. The van der Waals surface area contributed by atoms with Gasteiger partial charge in [0.25, 0.3) is 5.91 Å². The van der Waals surface area contributed by atoms with Gasteiger partial charge in [0.1, 0.15) is 12.6 Å². The summed E-state index contributed by atoms with van der Waals surface area (Å²) in [6.45, 7) is 0.865.